The number of aliphatic hydroxyl groups is 2. The summed E-state index contributed by atoms with van der Waals surface area (Å²) in [6.45, 7) is 0. The summed E-state index contributed by atoms with van der Waals surface area (Å²) in [5.41, 5.74) is 8.69. The first-order valence-electron chi connectivity index (χ1n) is 6.72. The van der Waals surface area contributed by atoms with Gasteiger partial charge in [-0.2, -0.15) is 5.10 Å². The van der Waals surface area contributed by atoms with E-state index in [0.29, 0.717) is 6.04 Å². The third kappa shape index (κ3) is 5.20. The van der Waals surface area contributed by atoms with Crippen molar-refractivity contribution in [3.8, 4) is 0 Å². The van der Waals surface area contributed by atoms with E-state index in [4.69, 9.17) is 26.2 Å². The molecule has 0 aromatic carbocycles. The van der Waals surface area contributed by atoms with E-state index in [-0.39, 0.29) is 0 Å². The zero-order chi connectivity index (χ0) is 16.0. The van der Waals surface area contributed by atoms with Crippen LogP contribution < -0.4 is 11.2 Å². The van der Waals surface area contributed by atoms with Crippen LogP contribution in [-0.2, 0) is 9.59 Å². The van der Waals surface area contributed by atoms with Crippen LogP contribution in [0.15, 0.2) is 5.10 Å². The maximum Gasteiger partial charge on any atom is 0.335 e. The number of rotatable bonds is 4. The van der Waals surface area contributed by atoms with E-state index in [2.05, 4.69) is 10.5 Å². The summed E-state index contributed by atoms with van der Waals surface area (Å²) in [6, 6.07) is 0.553. The Bertz CT molecular complexity index is 390. The van der Waals surface area contributed by atoms with E-state index < -0.39 is 24.1 Å². The van der Waals surface area contributed by atoms with Gasteiger partial charge in [0.1, 0.15) is 5.84 Å². The van der Waals surface area contributed by atoms with Crippen LogP contribution in [0.25, 0.3) is 0 Å². The maximum atomic E-state index is 9.77. The van der Waals surface area contributed by atoms with Gasteiger partial charge in [0.05, 0.1) is 6.04 Å². The fourth-order valence-corrected chi connectivity index (χ4v) is 2.38. The van der Waals surface area contributed by atoms with Crippen LogP contribution in [-0.4, -0.2) is 56.5 Å². The minimum absolute atomic E-state index is 0.553. The van der Waals surface area contributed by atoms with Gasteiger partial charge >= 0.3 is 11.9 Å². The summed E-state index contributed by atoms with van der Waals surface area (Å²) in [4.78, 5) is 19.5. The molecule has 1 fully saturated rings. The molecule has 1 aliphatic heterocycles. The molecule has 1 heterocycles. The van der Waals surface area contributed by atoms with Crippen molar-refractivity contribution in [1.29, 1.82) is 0 Å². The normalized spacial score (nSPS) is 24.3. The number of nitrogens with one attached hydrogen (secondary N) is 1. The molecule has 0 spiro atoms. The van der Waals surface area contributed by atoms with Crippen LogP contribution in [0.4, 0.5) is 0 Å². The Balaban J connectivity index is 0.000000212. The number of carboxylic acids is 2. The molecule has 0 amide bonds. The number of hydrogen-bond donors (Lipinski definition) is 6. The molecule has 0 aromatic rings. The SMILES string of the molecule is NC1=NN[C@@H](C2CCCC2)C1.O=C(O)C(O)C(O)C(=O)O. The molecule has 0 saturated heterocycles. The average molecular weight is 303 g/mol. The minimum atomic E-state index is -2.27. The number of nitrogens with two attached hydrogens (primary N) is 1. The van der Waals surface area contributed by atoms with E-state index in [1.807, 2.05) is 0 Å². The van der Waals surface area contributed by atoms with Gasteiger partial charge in [-0.05, 0) is 18.8 Å². The second kappa shape index (κ2) is 7.79. The van der Waals surface area contributed by atoms with Gasteiger partial charge in [-0.1, -0.05) is 12.8 Å². The third-order valence-electron chi connectivity index (χ3n) is 3.58. The van der Waals surface area contributed by atoms with Gasteiger partial charge in [-0.15, -0.1) is 0 Å². The second-order valence-electron chi connectivity index (χ2n) is 5.15. The molecular weight excluding hydrogens is 282 g/mol. The number of aliphatic hydroxyl groups excluding tert-OH is 2. The number of amidine groups is 1. The van der Waals surface area contributed by atoms with Crippen LogP contribution in [0, 0.1) is 5.92 Å². The van der Waals surface area contributed by atoms with Gasteiger partial charge in [0.25, 0.3) is 0 Å². The van der Waals surface area contributed by atoms with Gasteiger partial charge < -0.3 is 31.6 Å². The number of nitrogens with zero attached hydrogens (tertiary/aromatic N) is 1. The Morgan fingerprint density at radius 1 is 1.14 bits per heavy atom. The molecule has 0 aromatic heterocycles. The Morgan fingerprint density at radius 2 is 1.62 bits per heavy atom. The first-order chi connectivity index (χ1) is 9.82. The van der Waals surface area contributed by atoms with Gasteiger partial charge in [-0.25, -0.2) is 9.59 Å². The van der Waals surface area contributed by atoms with Gasteiger partial charge in [-0.3, -0.25) is 0 Å². The lowest BCUT2D eigenvalue weighted by atomic mass is 9.96. The van der Waals surface area contributed by atoms with Crippen molar-refractivity contribution in [3.05, 3.63) is 0 Å². The Morgan fingerprint density at radius 3 is 1.95 bits per heavy atom. The van der Waals surface area contributed by atoms with Crippen LogP contribution in [0.1, 0.15) is 32.1 Å². The smallest absolute Gasteiger partial charge is 0.335 e. The Hall–Kier alpha value is -1.87. The minimum Gasteiger partial charge on any atom is -0.479 e. The highest BCUT2D eigenvalue weighted by Crippen LogP contribution is 2.30. The summed E-state index contributed by atoms with van der Waals surface area (Å²) < 4.78 is 0. The molecular formula is C12H21N3O6. The zero-order valence-electron chi connectivity index (χ0n) is 11.5. The molecule has 120 valence electrons. The molecule has 2 rings (SSSR count). The topological polar surface area (TPSA) is 165 Å². The van der Waals surface area contributed by atoms with Gasteiger partial charge in [0, 0.05) is 6.42 Å². The van der Waals surface area contributed by atoms with Crippen molar-refractivity contribution in [1.82, 2.24) is 5.43 Å². The highest BCUT2D eigenvalue weighted by molar-refractivity contribution is 5.83. The Kier molecular flexibility index (Phi) is 6.38. The third-order valence-corrected chi connectivity index (χ3v) is 3.58. The quantitative estimate of drug-likeness (QED) is 0.372. The van der Waals surface area contributed by atoms with Crippen molar-refractivity contribution in [2.24, 2.45) is 16.8 Å². The van der Waals surface area contributed by atoms with E-state index in [1.165, 1.54) is 25.7 Å². The molecule has 9 nitrogen and oxygen atoms in total. The molecule has 7 N–H and O–H groups in total. The van der Waals surface area contributed by atoms with Crippen molar-refractivity contribution in [2.45, 2.75) is 50.4 Å². The van der Waals surface area contributed by atoms with Gasteiger partial charge in [0.2, 0.25) is 0 Å². The Labute approximate surface area is 121 Å². The van der Waals surface area contributed by atoms with E-state index in [1.54, 1.807) is 0 Å². The number of hydrazone groups is 1. The molecule has 0 radical (unpaired) electrons. The van der Waals surface area contributed by atoms with Crippen molar-refractivity contribution < 1.29 is 30.0 Å². The summed E-state index contributed by atoms with van der Waals surface area (Å²) in [7, 11) is 0. The number of hydrogen-bond acceptors (Lipinski definition) is 7. The van der Waals surface area contributed by atoms with E-state index >= 15 is 0 Å². The largest absolute Gasteiger partial charge is 0.479 e. The van der Waals surface area contributed by atoms with Crippen LogP contribution in [0.3, 0.4) is 0 Å². The van der Waals surface area contributed by atoms with Crippen molar-refractivity contribution in [2.75, 3.05) is 0 Å². The molecule has 3 atom stereocenters. The maximum absolute atomic E-state index is 9.77. The number of carboxylic acid groups (broad SMARTS) is 2. The molecule has 1 saturated carbocycles. The first kappa shape index (κ1) is 17.2. The van der Waals surface area contributed by atoms with Crippen LogP contribution in [0.2, 0.25) is 0 Å². The first-order valence-corrected chi connectivity index (χ1v) is 6.72. The zero-order valence-corrected chi connectivity index (χ0v) is 11.5. The number of carbonyl (C=O) groups is 2. The number of aliphatic carboxylic acids is 2. The predicted octanol–water partition coefficient (Wildman–Crippen LogP) is -1.31. The predicted molar refractivity (Wildman–Crippen MR) is 72.4 cm³/mol. The molecule has 2 unspecified atom stereocenters. The monoisotopic (exact) mass is 303 g/mol. The van der Waals surface area contributed by atoms with E-state index in [9.17, 15) is 9.59 Å². The standard InChI is InChI=1S/C8H15N3.C4H6O6/c9-8-5-7(10-11-8)6-3-1-2-4-6;5-1(3(7)8)2(6)4(9)10/h6-7,10H,1-5H2,(H2,9,11);1-2,5-6H,(H,7,8)(H,9,10)/t7-;/m1./s1. The fourth-order valence-electron chi connectivity index (χ4n) is 2.38. The summed E-state index contributed by atoms with van der Waals surface area (Å²) in [5, 5.41) is 36.5. The summed E-state index contributed by atoms with van der Waals surface area (Å²) >= 11 is 0. The van der Waals surface area contributed by atoms with Crippen molar-refractivity contribution in [3.63, 3.8) is 0 Å². The highest BCUT2D eigenvalue weighted by atomic mass is 16.4. The summed E-state index contributed by atoms with van der Waals surface area (Å²) in [5.74, 6) is -1.92. The van der Waals surface area contributed by atoms with Crippen LogP contribution in [0.5, 0.6) is 0 Å². The lowest BCUT2D eigenvalue weighted by Gasteiger charge is -2.16. The molecule has 21 heavy (non-hydrogen) atoms. The average Bonchev–Trinajstić information content (AvgIpc) is 3.08. The molecule has 0 bridgehead atoms. The van der Waals surface area contributed by atoms with Crippen molar-refractivity contribution >= 4 is 17.8 Å². The molecule has 2 aliphatic rings. The highest BCUT2D eigenvalue weighted by Gasteiger charge is 2.29. The fraction of sp³-hybridized carbons (Fsp3) is 0.750. The van der Waals surface area contributed by atoms with Gasteiger partial charge in [0.15, 0.2) is 12.2 Å². The summed E-state index contributed by atoms with van der Waals surface area (Å²) in [6.07, 6.45) is 1.94. The van der Waals surface area contributed by atoms with E-state index in [0.717, 1.165) is 18.2 Å². The second-order valence-corrected chi connectivity index (χ2v) is 5.15. The van der Waals surface area contributed by atoms with Crippen LogP contribution >= 0.6 is 0 Å². The molecule has 9 heteroatoms. The lowest BCUT2D eigenvalue weighted by molar-refractivity contribution is -0.165. The lowest BCUT2D eigenvalue weighted by Crippen LogP contribution is -2.39. The molecule has 1 aliphatic carbocycles.